The van der Waals surface area contributed by atoms with Gasteiger partial charge >= 0.3 is 0 Å². The molecular formula is C15H9O7-. The van der Waals surface area contributed by atoms with Gasteiger partial charge in [0.25, 0.3) is 0 Å². The first-order chi connectivity index (χ1) is 10.4. The minimum Gasteiger partial charge on any atom is -0.867 e. The van der Waals surface area contributed by atoms with Crippen LogP contribution in [0.2, 0.25) is 0 Å². The molecule has 0 bridgehead atoms. The topological polar surface area (TPSA) is 134 Å². The maximum atomic E-state index is 12.1. The molecule has 0 spiro atoms. The minimum atomic E-state index is -0.942. The van der Waals surface area contributed by atoms with E-state index >= 15 is 0 Å². The van der Waals surface area contributed by atoms with Gasteiger partial charge in [0.1, 0.15) is 39.7 Å². The minimum absolute atomic E-state index is 0.0481. The molecule has 7 nitrogen and oxygen atoms in total. The zero-order chi connectivity index (χ0) is 16.0. The molecule has 0 saturated heterocycles. The van der Waals surface area contributed by atoms with Gasteiger partial charge in [-0.1, -0.05) is 0 Å². The van der Waals surface area contributed by atoms with Crippen LogP contribution in [0.25, 0.3) is 22.3 Å². The van der Waals surface area contributed by atoms with Crippen LogP contribution < -0.4 is 10.5 Å². The van der Waals surface area contributed by atoms with E-state index in [1.807, 2.05) is 0 Å². The van der Waals surface area contributed by atoms with Crippen LogP contribution >= 0.6 is 0 Å². The van der Waals surface area contributed by atoms with Crippen molar-refractivity contribution in [2.45, 2.75) is 0 Å². The lowest BCUT2D eigenvalue weighted by Crippen LogP contribution is -2.01. The Balaban J connectivity index is 2.31. The largest absolute Gasteiger partial charge is 0.867 e. The summed E-state index contributed by atoms with van der Waals surface area (Å²) in [5.74, 6) is -3.12. The molecule has 1 heterocycles. The second-order valence-electron chi connectivity index (χ2n) is 4.66. The molecule has 0 atom stereocenters. The Hall–Kier alpha value is -3.35. The fraction of sp³-hybridized carbons (Fsp3) is 0. The van der Waals surface area contributed by atoms with Gasteiger partial charge < -0.3 is 29.9 Å². The van der Waals surface area contributed by atoms with Crippen LogP contribution in [-0.4, -0.2) is 20.4 Å². The number of benzene rings is 2. The summed E-state index contributed by atoms with van der Waals surface area (Å²) in [4.78, 5) is 12.1. The lowest BCUT2D eigenvalue weighted by Gasteiger charge is -2.13. The Bertz CT molecular complexity index is 933. The molecule has 0 aliphatic carbocycles. The van der Waals surface area contributed by atoms with E-state index in [9.17, 15) is 30.3 Å². The Morgan fingerprint density at radius 1 is 0.864 bits per heavy atom. The first-order valence-electron chi connectivity index (χ1n) is 6.10. The highest BCUT2D eigenvalue weighted by Gasteiger charge is 2.13. The van der Waals surface area contributed by atoms with Gasteiger partial charge in [0.05, 0.1) is 0 Å². The van der Waals surface area contributed by atoms with Gasteiger partial charge in [0, 0.05) is 23.8 Å². The van der Waals surface area contributed by atoms with Gasteiger partial charge in [0.15, 0.2) is 5.43 Å². The molecule has 0 saturated carbocycles. The van der Waals surface area contributed by atoms with E-state index in [1.54, 1.807) is 0 Å². The third-order valence-corrected chi connectivity index (χ3v) is 3.13. The molecule has 3 rings (SSSR count). The molecule has 0 unspecified atom stereocenters. The van der Waals surface area contributed by atoms with Gasteiger partial charge in [-0.15, -0.1) is 0 Å². The van der Waals surface area contributed by atoms with Gasteiger partial charge in [0.2, 0.25) is 0 Å². The zero-order valence-corrected chi connectivity index (χ0v) is 10.9. The monoisotopic (exact) mass is 301 g/mol. The van der Waals surface area contributed by atoms with Gasteiger partial charge in [-0.2, -0.15) is 0 Å². The van der Waals surface area contributed by atoms with Crippen molar-refractivity contribution in [3.8, 4) is 40.1 Å². The Labute approximate surface area is 122 Å². The summed E-state index contributed by atoms with van der Waals surface area (Å²) >= 11 is 0. The lowest BCUT2D eigenvalue weighted by atomic mass is 10.1. The number of rotatable bonds is 1. The van der Waals surface area contributed by atoms with Crippen LogP contribution in [0.5, 0.6) is 28.7 Å². The van der Waals surface area contributed by atoms with Crippen molar-refractivity contribution in [3.05, 3.63) is 40.6 Å². The first kappa shape index (κ1) is 13.6. The molecule has 0 aliphatic heterocycles. The third kappa shape index (κ3) is 2.05. The van der Waals surface area contributed by atoms with Crippen molar-refractivity contribution >= 4 is 11.0 Å². The van der Waals surface area contributed by atoms with Crippen LogP contribution in [0.1, 0.15) is 0 Å². The zero-order valence-electron chi connectivity index (χ0n) is 10.9. The molecular weight excluding hydrogens is 292 g/mol. The molecule has 2 aromatic carbocycles. The summed E-state index contributed by atoms with van der Waals surface area (Å²) in [5.41, 5.74) is -0.569. The highest BCUT2D eigenvalue weighted by molar-refractivity contribution is 5.86. The van der Waals surface area contributed by atoms with Crippen molar-refractivity contribution < 1.29 is 29.9 Å². The van der Waals surface area contributed by atoms with Crippen molar-refractivity contribution in [2.24, 2.45) is 0 Å². The fourth-order valence-electron chi connectivity index (χ4n) is 2.14. The van der Waals surface area contributed by atoms with Crippen molar-refractivity contribution in [1.82, 2.24) is 0 Å². The second kappa shape index (κ2) is 4.59. The second-order valence-corrected chi connectivity index (χ2v) is 4.66. The predicted octanol–water partition coefficient (Wildman–Crippen LogP) is 1.36. The fourth-order valence-corrected chi connectivity index (χ4v) is 2.14. The number of phenolic OH excluding ortho intramolecular Hbond substituents is 4. The van der Waals surface area contributed by atoms with E-state index in [4.69, 9.17) is 4.42 Å². The van der Waals surface area contributed by atoms with Gasteiger partial charge in [-0.3, -0.25) is 4.79 Å². The smallest absolute Gasteiger partial charge is 0.197 e. The van der Waals surface area contributed by atoms with Gasteiger partial charge in [-0.05, 0) is 17.9 Å². The van der Waals surface area contributed by atoms with E-state index < -0.39 is 28.4 Å². The van der Waals surface area contributed by atoms with E-state index in [1.165, 1.54) is 0 Å². The molecule has 112 valence electrons. The Morgan fingerprint density at radius 3 is 2.14 bits per heavy atom. The molecule has 0 fully saturated rings. The summed E-state index contributed by atoms with van der Waals surface area (Å²) in [7, 11) is 0. The van der Waals surface area contributed by atoms with Crippen LogP contribution in [-0.2, 0) is 0 Å². The number of aromatic hydroxyl groups is 4. The first-order valence-corrected chi connectivity index (χ1v) is 6.10. The van der Waals surface area contributed by atoms with Crippen LogP contribution in [0, 0.1) is 0 Å². The average Bonchev–Trinajstić information content (AvgIpc) is 2.42. The van der Waals surface area contributed by atoms with Crippen LogP contribution in [0.15, 0.2) is 39.5 Å². The van der Waals surface area contributed by atoms with E-state index in [0.29, 0.717) is 0 Å². The number of hydrogen-bond acceptors (Lipinski definition) is 7. The standard InChI is InChI=1S/C15H10O7/c16-7-3-8(17)14-9(18)5-12(22-13(14)4-7)6-1-10(19)15(21)11(20)2-6/h1-5,16-17,19-21H/p-1. The summed E-state index contributed by atoms with van der Waals surface area (Å²) < 4.78 is 5.40. The molecule has 4 N–H and O–H groups in total. The van der Waals surface area contributed by atoms with E-state index in [-0.39, 0.29) is 28.0 Å². The van der Waals surface area contributed by atoms with Crippen molar-refractivity contribution in [2.75, 3.05) is 0 Å². The highest BCUT2D eigenvalue weighted by atomic mass is 16.3. The molecule has 0 radical (unpaired) electrons. The van der Waals surface area contributed by atoms with E-state index in [0.717, 1.165) is 30.3 Å². The summed E-state index contributed by atoms with van der Waals surface area (Å²) in [5, 5.41) is 49.2. The third-order valence-electron chi connectivity index (χ3n) is 3.13. The number of phenols is 4. The lowest BCUT2D eigenvalue weighted by molar-refractivity contribution is -0.272. The number of fused-ring (bicyclic) bond motifs is 1. The van der Waals surface area contributed by atoms with Crippen LogP contribution in [0.3, 0.4) is 0 Å². The maximum Gasteiger partial charge on any atom is 0.197 e. The molecule has 7 heteroatoms. The van der Waals surface area contributed by atoms with Crippen molar-refractivity contribution in [1.29, 1.82) is 0 Å². The van der Waals surface area contributed by atoms with E-state index in [2.05, 4.69) is 0 Å². The molecule has 0 amide bonds. The Kier molecular flexibility index (Phi) is 2.84. The highest BCUT2D eigenvalue weighted by Crippen LogP contribution is 2.38. The normalized spacial score (nSPS) is 10.9. The summed E-state index contributed by atoms with van der Waals surface area (Å²) in [6, 6.07) is 5.26. The molecule has 22 heavy (non-hydrogen) atoms. The summed E-state index contributed by atoms with van der Waals surface area (Å²) in [6.45, 7) is 0. The quantitative estimate of drug-likeness (QED) is 0.533. The SMILES string of the molecule is O=c1cc(-c2cc(O)c([O-])c(O)c2)oc2cc(O)cc(O)c12. The molecule has 1 aromatic heterocycles. The average molecular weight is 301 g/mol. The molecule has 3 aromatic rings. The maximum absolute atomic E-state index is 12.1. The van der Waals surface area contributed by atoms with Crippen LogP contribution in [0.4, 0.5) is 0 Å². The van der Waals surface area contributed by atoms with Gasteiger partial charge in [-0.25, -0.2) is 0 Å². The Morgan fingerprint density at radius 2 is 1.50 bits per heavy atom. The number of hydrogen-bond donors (Lipinski definition) is 4. The predicted molar refractivity (Wildman–Crippen MR) is 74.0 cm³/mol. The molecule has 0 aliphatic rings. The van der Waals surface area contributed by atoms with Crippen molar-refractivity contribution in [3.63, 3.8) is 0 Å². The summed E-state index contributed by atoms with van der Waals surface area (Å²) in [6.07, 6.45) is 0.